The number of amides is 1. The van der Waals surface area contributed by atoms with E-state index < -0.39 is 0 Å². The molecule has 1 aliphatic heterocycles. The van der Waals surface area contributed by atoms with Crippen LogP contribution >= 0.6 is 0 Å². The summed E-state index contributed by atoms with van der Waals surface area (Å²) < 4.78 is 16.3. The minimum Gasteiger partial charge on any atom is -0.462 e. The van der Waals surface area contributed by atoms with Gasteiger partial charge in [0.05, 0.1) is 13.2 Å². The summed E-state index contributed by atoms with van der Waals surface area (Å²) >= 11 is 0. The Balaban J connectivity index is 0.000000306. The van der Waals surface area contributed by atoms with E-state index in [0.29, 0.717) is 43.0 Å². The Morgan fingerprint density at radius 2 is 1.71 bits per heavy atom. The van der Waals surface area contributed by atoms with Gasteiger partial charge in [-0.2, -0.15) is 0 Å². The number of methoxy groups -OCH3 is 1. The van der Waals surface area contributed by atoms with E-state index in [2.05, 4.69) is 68.4 Å². The van der Waals surface area contributed by atoms with Gasteiger partial charge in [-0.05, 0) is 116 Å². The Hall–Kier alpha value is -1.40. The van der Waals surface area contributed by atoms with Crippen molar-refractivity contribution < 1.29 is 23.8 Å². The number of ether oxygens (including phenoxy) is 3. The molecule has 0 N–H and O–H groups in total. The number of nitrogens with zero attached hydrogens (tertiary/aromatic N) is 1. The average molecular weight is 714 g/mol. The highest BCUT2D eigenvalue weighted by Gasteiger charge is 2.59. The van der Waals surface area contributed by atoms with Crippen LogP contribution in [0.4, 0.5) is 0 Å². The lowest BCUT2D eigenvalue weighted by molar-refractivity contribution is -0.152. The number of rotatable bonds is 13. The summed E-state index contributed by atoms with van der Waals surface area (Å²) in [5.74, 6) is 5.69. The molecule has 5 aliphatic rings. The van der Waals surface area contributed by atoms with E-state index in [1.54, 1.807) is 12.7 Å². The number of esters is 1. The van der Waals surface area contributed by atoms with E-state index in [0.717, 1.165) is 80.7 Å². The van der Waals surface area contributed by atoms with Crippen molar-refractivity contribution in [2.75, 3.05) is 40.0 Å². The van der Waals surface area contributed by atoms with Crippen LogP contribution in [0.1, 0.15) is 159 Å². The van der Waals surface area contributed by atoms with E-state index in [-0.39, 0.29) is 23.4 Å². The molecule has 4 fully saturated rings. The second-order valence-electron chi connectivity index (χ2n) is 19.5. The second-order valence-corrected chi connectivity index (χ2v) is 19.5. The Kier molecular flexibility index (Phi) is 15.6. The van der Waals surface area contributed by atoms with Gasteiger partial charge in [-0.1, -0.05) is 93.2 Å². The van der Waals surface area contributed by atoms with Gasteiger partial charge in [-0.15, -0.1) is 0 Å². The molecule has 0 bridgehead atoms. The summed E-state index contributed by atoms with van der Waals surface area (Å²) in [6.07, 6.45) is 20.2. The predicted octanol–water partition coefficient (Wildman–Crippen LogP) is 10.7. The molecule has 3 saturated carbocycles. The summed E-state index contributed by atoms with van der Waals surface area (Å²) in [7, 11) is 1.68. The molecule has 6 nitrogen and oxygen atoms in total. The van der Waals surface area contributed by atoms with Crippen molar-refractivity contribution in [2.24, 2.45) is 57.7 Å². The normalized spacial score (nSPS) is 33.2. The van der Waals surface area contributed by atoms with Crippen LogP contribution in [0.15, 0.2) is 11.6 Å². The highest BCUT2D eigenvalue weighted by atomic mass is 16.5. The highest BCUT2D eigenvalue weighted by molar-refractivity contribution is 5.79. The minimum absolute atomic E-state index is 0.0436. The van der Waals surface area contributed by atoms with Crippen LogP contribution in [0.25, 0.3) is 0 Å². The number of carbonyl (C=O) groups excluding carboxylic acids is 2. The number of fused-ring (bicyclic) bond motifs is 5. The van der Waals surface area contributed by atoms with Crippen molar-refractivity contribution >= 4 is 11.9 Å². The van der Waals surface area contributed by atoms with Crippen molar-refractivity contribution in [1.29, 1.82) is 0 Å². The largest absolute Gasteiger partial charge is 0.462 e. The fourth-order valence-electron chi connectivity index (χ4n) is 11.5. The third-order valence-corrected chi connectivity index (χ3v) is 14.3. The molecule has 0 radical (unpaired) electrons. The topological polar surface area (TPSA) is 65.1 Å². The van der Waals surface area contributed by atoms with E-state index in [1.165, 1.54) is 57.8 Å². The van der Waals surface area contributed by atoms with Crippen LogP contribution in [-0.2, 0) is 23.8 Å². The molecular formula is C45H79NO5. The fourth-order valence-corrected chi connectivity index (χ4v) is 11.5. The Labute approximate surface area is 314 Å². The molecule has 1 saturated heterocycles. The van der Waals surface area contributed by atoms with Crippen molar-refractivity contribution in [1.82, 2.24) is 4.90 Å². The zero-order valence-corrected chi connectivity index (χ0v) is 34.8. The molecule has 0 aromatic heterocycles. The maximum Gasteiger partial charge on any atom is 0.306 e. The molecule has 9 unspecified atom stereocenters. The van der Waals surface area contributed by atoms with Crippen molar-refractivity contribution in [3.05, 3.63) is 11.6 Å². The van der Waals surface area contributed by atoms with E-state index in [1.807, 2.05) is 4.90 Å². The molecule has 6 heteroatoms. The lowest BCUT2D eigenvalue weighted by atomic mass is 9.47. The predicted molar refractivity (Wildman–Crippen MR) is 209 cm³/mol. The van der Waals surface area contributed by atoms with Gasteiger partial charge in [-0.3, -0.25) is 9.59 Å². The van der Waals surface area contributed by atoms with Crippen LogP contribution in [0.5, 0.6) is 0 Å². The average Bonchev–Trinajstić information content (AvgIpc) is 3.44. The Morgan fingerprint density at radius 3 is 2.35 bits per heavy atom. The first-order valence-electron chi connectivity index (χ1n) is 21.4. The van der Waals surface area contributed by atoms with Gasteiger partial charge in [0, 0.05) is 45.6 Å². The maximum absolute atomic E-state index is 12.3. The van der Waals surface area contributed by atoms with Gasteiger partial charge >= 0.3 is 5.97 Å². The Morgan fingerprint density at radius 1 is 0.980 bits per heavy atom. The van der Waals surface area contributed by atoms with E-state index in [4.69, 9.17) is 14.2 Å². The van der Waals surface area contributed by atoms with Crippen molar-refractivity contribution in [3.8, 4) is 0 Å². The monoisotopic (exact) mass is 714 g/mol. The van der Waals surface area contributed by atoms with E-state index in [9.17, 15) is 9.59 Å². The summed E-state index contributed by atoms with van der Waals surface area (Å²) in [4.78, 5) is 26.5. The molecule has 51 heavy (non-hydrogen) atoms. The third-order valence-electron chi connectivity index (χ3n) is 14.3. The SMILES string of the molecule is CCC(CC(C)(C)C)C(=O)N1CCOCC1.COCCCC(=O)OC1CCC2(C)C(=CCC3C2CCC2(C)C(C(C)CCCC(C)C)CCC32)C1. The van der Waals surface area contributed by atoms with Crippen LogP contribution in [0.3, 0.4) is 0 Å². The van der Waals surface area contributed by atoms with Gasteiger partial charge in [0.2, 0.25) is 5.91 Å². The molecule has 4 aliphatic carbocycles. The van der Waals surface area contributed by atoms with Gasteiger partial charge in [0.1, 0.15) is 6.10 Å². The van der Waals surface area contributed by atoms with Crippen molar-refractivity contribution in [3.63, 3.8) is 0 Å². The molecule has 0 aromatic carbocycles. The quantitative estimate of drug-likeness (QED) is 0.108. The first-order chi connectivity index (χ1) is 24.1. The summed E-state index contributed by atoms with van der Waals surface area (Å²) in [6.45, 7) is 24.8. The molecule has 294 valence electrons. The number of allylic oxidation sites excluding steroid dienone is 1. The molecule has 1 amide bonds. The smallest absolute Gasteiger partial charge is 0.306 e. The van der Waals surface area contributed by atoms with Gasteiger partial charge in [0.15, 0.2) is 0 Å². The fraction of sp³-hybridized carbons (Fsp3) is 0.911. The van der Waals surface area contributed by atoms with Gasteiger partial charge < -0.3 is 19.1 Å². The number of morpholine rings is 1. The van der Waals surface area contributed by atoms with E-state index >= 15 is 0 Å². The highest BCUT2D eigenvalue weighted by Crippen LogP contribution is 2.67. The second kappa shape index (κ2) is 18.8. The van der Waals surface area contributed by atoms with Crippen LogP contribution in [0, 0.1) is 57.7 Å². The zero-order chi connectivity index (χ0) is 37.4. The molecular weight excluding hydrogens is 634 g/mol. The van der Waals surface area contributed by atoms with Gasteiger partial charge in [0.25, 0.3) is 0 Å². The molecule has 0 spiro atoms. The number of hydrogen-bond acceptors (Lipinski definition) is 5. The molecule has 9 atom stereocenters. The standard InChI is InChI=1S/C32H54O3.C13H25NO2/c1-22(2)9-7-10-23(3)27-14-15-28-26-13-12-24-21-25(35-30(33)11-8-20-34-6)16-18-31(24,4)29(26)17-19-32(27,28)5;1-5-11(10-13(2,3)4)12(15)14-6-8-16-9-7-14/h12,22-23,25-29H,7-11,13-21H2,1-6H3;11H,5-10H2,1-4H3. The molecule has 0 aromatic rings. The van der Waals surface area contributed by atoms with Crippen LogP contribution in [-0.4, -0.2) is 62.9 Å². The van der Waals surface area contributed by atoms with Gasteiger partial charge in [-0.25, -0.2) is 0 Å². The summed E-state index contributed by atoms with van der Waals surface area (Å²) in [5.41, 5.74) is 2.71. The third kappa shape index (κ3) is 10.9. The minimum atomic E-state index is -0.0436. The first kappa shape index (κ1) is 42.3. The molecule has 5 rings (SSSR count). The molecule has 1 heterocycles. The number of carbonyl (C=O) groups is 2. The van der Waals surface area contributed by atoms with Crippen LogP contribution < -0.4 is 0 Å². The summed E-state index contributed by atoms with van der Waals surface area (Å²) in [6, 6.07) is 0. The van der Waals surface area contributed by atoms with Crippen LogP contribution in [0.2, 0.25) is 0 Å². The van der Waals surface area contributed by atoms with Crippen molar-refractivity contribution in [2.45, 2.75) is 165 Å². The first-order valence-corrected chi connectivity index (χ1v) is 21.4. The maximum atomic E-state index is 12.3. The summed E-state index contributed by atoms with van der Waals surface area (Å²) in [5, 5.41) is 0. The zero-order valence-electron chi connectivity index (χ0n) is 34.8. The Bertz CT molecular complexity index is 1140. The lowest BCUT2D eigenvalue weighted by Crippen LogP contribution is -2.51. The lowest BCUT2D eigenvalue weighted by Gasteiger charge is -2.58. The number of hydrogen-bond donors (Lipinski definition) is 0.